The summed E-state index contributed by atoms with van der Waals surface area (Å²) in [4.78, 5) is 4.88. The normalized spacial score (nSPS) is 21.5. The Labute approximate surface area is 127 Å². The fourth-order valence-corrected chi connectivity index (χ4v) is 3.00. The van der Waals surface area contributed by atoms with E-state index >= 15 is 0 Å². The lowest BCUT2D eigenvalue weighted by Crippen LogP contribution is -2.48. The Bertz CT molecular complexity index is 232. The molecule has 1 rings (SSSR count). The van der Waals surface area contributed by atoms with E-state index < -0.39 is 0 Å². The third-order valence-electron chi connectivity index (χ3n) is 3.19. The average molecular weight is 308 g/mol. The molecule has 1 fully saturated rings. The van der Waals surface area contributed by atoms with Crippen LogP contribution in [0.15, 0.2) is 0 Å². The summed E-state index contributed by atoms with van der Waals surface area (Å²) in [6, 6.07) is 0. The van der Waals surface area contributed by atoms with Crippen molar-refractivity contribution in [1.29, 1.82) is 0 Å². The minimum absolute atomic E-state index is 0.358. The lowest BCUT2D eigenvalue weighted by Gasteiger charge is -2.35. The molecular formula is C13H29N3OS2. The number of likely N-dealkylation sites (N-methyl/N-ethyl adjacent to an activating group) is 1. The van der Waals surface area contributed by atoms with E-state index in [9.17, 15) is 0 Å². The van der Waals surface area contributed by atoms with Crippen LogP contribution in [0.25, 0.3) is 0 Å². The van der Waals surface area contributed by atoms with Gasteiger partial charge in [-0.25, -0.2) is 0 Å². The molecule has 1 aliphatic heterocycles. The molecule has 0 aromatic carbocycles. The minimum Gasteiger partial charge on any atom is -0.374 e. The molecule has 1 saturated heterocycles. The van der Waals surface area contributed by atoms with Crippen LogP contribution in [0.5, 0.6) is 0 Å². The molecule has 0 spiro atoms. The summed E-state index contributed by atoms with van der Waals surface area (Å²) in [6.45, 7) is 11.8. The van der Waals surface area contributed by atoms with Crippen molar-refractivity contribution in [2.24, 2.45) is 5.92 Å². The van der Waals surface area contributed by atoms with Gasteiger partial charge in [0.25, 0.3) is 0 Å². The van der Waals surface area contributed by atoms with E-state index in [1.165, 1.54) is 10.8 Å². The highest BCUT2D eigenvalue weighted by molar-refractivity contribution is 8.68. The molecule has 1 heterocycles. The minimum atomic E-state index is 0.358. The topological polar surface area (TPSA) is 27.7 Å². The van der Waals surface area contributed by atoms with E-state index in [0.717, 1.165) is 51.8 Å². The van der Waals surface area contributed by atoms with Crippen LogP contribution < -0.4 is 5.32 Å². The Hall–Kier alpha value is 0.540. The zero-order valence-electron chi connectivity index (χ0n) is 12.5. The monoisotopic (exact) mass is 307 g/mol. The molecule has 0 amide bonds. The van der Waals surface area contributed by atoms with Crippen molar-refractivity contribution >= 4 is 22.5 Å². The first-order chi connectivity index (χ1) is 9.11. The van der Waals surface area contributed by atoms with Crippen molar-refractivity contribution in [1.82, 2.24) is 15.1 Å². The maximum atomic E-state index is 5.87. The van der Waals surface area contributed by atoms with Gasteiger partial charge in [-0.2, -0.15) is 0 Å². The number of ether oxygens (including phenoxy) is 1. The molecule has 0 saturated carbocycles. The Kier molecular flexibility index (Phi) is 9.53. The van der Waals surface area contributed by atoms with Crippen molar-refractivity contribution in [2.45, 2.75) is 20.0 Å². The van der Waals surface area contributed by atoms with E-state index in [1.54, 1.807) is 0 Å². The molecule has 1 N–H and O–H groups in total. The highest BCUT2D eigenvalue weighted by Gasteiger charge is 2.21. The summed E-state index contributed by atoms with van der Waals surface area (Å²) in [5, 5.41) is 3.36. The second-order valence-corrected chi connectivity index (χ2v) is 7.00. The third kappa shape index (κ3) is 8.42. The van der Waals surface area contributed by atoms with E-state index in [1.807, 2.05) is 0 Å². The van der Waals surface area contributed by atoms with Gasteiger partial charge < -0.3 is 15.0 Å². The quantitative estimate of drug-likeness (QED) is 0.291. The predicted molar refractivity (Wildman–Crippen MR) is 88.0 cm³/mol. The van der Waals surface area contributed by atoms with E-state index in [2.05, 4.69) is 47.7 Å². The number of thiol groups is 1. The number of hydrogen-bond acceptors (Lipinski definition) is 6. The zero-order chi connectivity index (χ0) is 14.1. The Morgan fingerprint density at radius 1 is 1.53 bits per heavy atom. The summed E-state index contributed by atoms with van der Waals surface area (Å²) in [5.74, 6) is 1.63. The lowest BCUT2D eigenvalue weighted by atomic mass is 10.2. The molecule has 0 unspecified atom stereocenters. The number of hydrogen-bond donors (Lipinski definition) is 2. The average Bonchev–Trinajstić information content (AvgIpc) is 2.34. The molecule has 6 heteroatoms. The first-order valence-corrected chi connectivity index (χ1v) is 9.15. The highest BCUT2D eigenvalue weighted by atomic mass is 33.1. The van der Waals surface area contributed by atoms with Gasteiger partial charge in [0.15, 0.2) is 0 Å². The molecule has 0 bridgehead atoms. The first-order valence-electron chi connectivity index (χ1n) is 7.11. The number of rotatable bonds is 9. The largest absolute Gasteiger partial charge is 0.374 e. The Balaban J connectivity index is 2.18. The summed E-state index contributed by atoms with van der Waals surface area (Å²) in [5.41, 5.74) is 0. The summed E-state index contributed by atoms with van der Waals surface area (Å²) in [7, 11) is 3.72. The van der Waals surface area contributed by atoms with Crippen molar-refractivity contribution in [3.63, 3.8) is 0 Å². The maximum Gasteiger partial charge on any atom is 0.0829 e. The predicted octanol–water partition coefficient (Wildman–Crippen LogP) is 1.40. The zero-order valence-corrected chi connectivity index (χ0v) is 14.2. The Morgan fingerprint density at radius 3 is 3.00 bits per heavy atom. The van der Waals surface area contributed by atoms with Crippen LogP contribution in [0.1, 0.15) is 13.8 Å². The molecule has 0 aromatic rings. The van der Waals surface area contributed by atoms with E-state index in [4.69, 9.17) is 4.74 Å². The molecular weight excluding hydrogens is 278 g/mol. The van der Waals surface area contributed by atoms with Crippen LogP contribution in [0.4, 0.5) is 0 Å². The van der Waals surface area contributed by atoms with Crippen LogP contribution in [0, 0.1) is 5.92 Å². The van der Waals surface area contributed by atoms with Crippen LogP contribution in [-0.4, -0.2) is 74.7 Å². The van der Waals surface area contributed by atoms with Gasteiger partial charge in [-0.1, -0.05) is 24.6 Å². The van der Waals surface area contributed by atoms with Crippen molar-refractivity contribution < 1.29 is 4.74 Å². The molecule has 1 atom stereocenters. The van der Waals surface area contributed by atoms with Crippen LogP contribution in [-0.2, 0) is 4.74 Å². The standard InChI is InChI=1S/C13H29N3OS2/c1-12(2)8-15(3)9-13-10-16(6-7-17-13)5-4-14-11-19-18/h12-14,18H,4-11H2,1-3H3/t13-/m0/s1. The smallest absolute Gasteiger partial charge is 0.0829 e. The van der Waals surface area contributed by atoms with Gasteiger partial charge in [0, 0.05) is 39.3 Å². The summed E-state index contributed by atoms with van der Waals surface area (Å²) in [6.07, 6.45) is 0.358. The summed E-state index contributed by atoms with van der Waals surface area (Å²) < 4.78 is 5.87. The fourth-order valence-electron chi connectivity index (χ4n) is 2.49. The van der Waals surface area contributed by atoms with Crippen LogP contribution in [0.3, 0.4) is 0 Å². The SMILES string of the molecule is CC(C)CN(C)C[C@H]1CN(CCNCSS)CCO1. The third-order valence-corrected chi connectivity index (χ3v) is 3.91. The van der Waals surface area contributed by atoms with E-state index in [-0.39, 0.29) is 0 Å². The van der Waals surface area contributed by atoms with Gasteiger partial charge in [-0.15, -0.1) is 11.7 Å². The fraction of sp³-hybridized carbons (Fsp3) is 1.00. The molecule has 0 radical (unpaired) electrons. The van der Waals surface area contributed by atoms with Gasteiger partial charge in [-0.05, 0) is 13.0 Å². The first kappa shape index (κ1) is 17.6. The number of nitrogens with one attached hydrogen (secondary N) is 1. The molecule has 1 aliphatic rings. The van der Waals surface area contributed by atoms with Gasteiger partial charge in [0.1, 0.15) is 0 Å². The lowest BCUT2D eigenvalue weighted by molar-refractivity contribution is -0.0408. The molecule has 0 aromatic heterocycles. The van der Waals surface area contributed by atoms with Crippen molar-refractivity contribution in [3.8, 4) is 0 Å². The Morgan fingerprint density at radius 2 is 2.32 bits per heavy atom. The molecule has 114 valence electrons. The number of morpholine rings is 1. The van der Waals surface area contributed by atoms with Gasteiger partial charge in [0.05, 0.1) is 18.6 Å². The van der Waals surface area contributed by atoms with Gasteiger partial charge >= 0.3 is 0 Å². The molecule has 19 heavy (non-hydrogen) atoms. The van der Waals surface area contributed by atoms with Gasteiger partial charge in [0.2, 0.25) is 0 Å². The highest BCUT2D eigenvalue weighted by Crippen LogP contribution is 2.07. The number of nitrogens with zero attached hydrogens (tertiary/aromatic N) is 2. The van der Waals surface area contributed by atoms with Crippen LogP contribution >= 0.6 is 22.5 Å². The second-order valence-electron chi connectivity index (χ2n) is 5.68. The van der Waals surface area contributed by atoms with Gasteiger partial charge in [-0.3, -0.25) is 4.90 Å². The van der Waals surface area contributed by atoms with E-state index in [0.29, 0.717) is 12.0 Å². The van der Waals surface area contributed by atoms with Crippen LogP contribution in [0.2, 0.25) is 0 Å². The second kappa shape index (κ2) is 10.3. The molecule has 4 nitrogen and oxygen atoms in total. The summed E-state index contributed by atoms with van der Waals surface area (Å²) >= 11 is 4.11. The van der Waals surface area contributed by atoms with Crippen molar-refractivity contribution in [2.75, 3.05) is 58.8 Å². The molecule has 0 aliphatic carbocycles. The van der Waals surface area contributed by atoms with Crippen molar-refractivity contribution in [3.05, 3.63) is 0 Å². The maximum absolute atomic E-state index is 5.87.